The van der Waals surface area contributed by atoms with Gasteiger partial charge in [0.1, 0.15) is 0 Å². The Labute approximate surface area is 88.5 Å². The second-order valence-corrected chi connectivity index (χ2v) is 3.57. The van der Waals surface area contributed by atoms with Crippen molar-refractivity contribution in [2.24, 2.45) is 5.84 Å². The molecule has 1 aromatic rings. The Hall–Kier alpha value is -1.46. The van der Waals surface area contributed by atoms with E-state index >= 15 is 0 Å². The number of amides is 1. The zero-order chi connectivity index (χ0) is 10.7. The van der Waals surface area contributed by atoms with Crippen LogP contribution in [0.1, 0.15) is 10.4 Å². The molecule has 0 bridgehead atoms. The van der Waals surface area contributed by atoms with Crippen LogP contribution < -0.4 is 5.84 Å². The van der Waals surface area contributed by atoms with Gasteiger partial charge in [0.15, 0.2) is 0 Å². The Kier molecular flexibility index (Phi) is 2.94. The Morgan fingerprint density at radius 2 is 2.07 bits per heavy atom. The fraction of sp³-hybridized carbons (Fsp3) is 0.400. The highest BCUT2D eigenvalue weighted by Crippen LogP contribution is 2.05. The molecule has 2 rings (SSSR count). The van der Waals surface area contributed by atoms with Crippen LogP contribution in [0.4, 0.5) is 0 Å². The van der Waals surface area contributed by atoms with Gasteiger partial charge in [0, 0.05) is 38.6 Å². The van der Waals surface area contributed by atoms with E-state index in [-0.39, 0.29) is 5.91 Å². The average molecular weight is 206 g/mol. The van der Waals surface area contributed by atoms with E-state index in [0.29, 0.717) is 18.7 Å². The monoisotopic (exact) mass is 206 g/mol. The number of carbonyl (C=O) groups excluding carboxylic acids is 1. The largest absolute Gasteiger partial charge is 0.336 e. The van der Waals surface area contributed by atoms with Gasteiger partial charge in [0.2, 0.25) is 0 Å². The van der Waals surface area contributed by atoms with E-state index in [1.807, 2.05) is 0 Å². The number of hydrazine groups is 1. The second-order valence-electron chi connectivity index (χ2n) is 3.57. The molecule has 1 fully saturated rings. The van der Waals surface area contributed by atoms with Gasteiger partial charge in [-0.3, -0.25) is 15.6 Å². The van der Waals surface area contributed by atoms with E-state index in [1.165, 1.54) is 0 Å². The number of hydrogen-bond acceptors (Lipinski definition) is 4. The molecule has 1 aliphatic rings. The lowest BCUT2D eigenvalue weighted by molar-refractivity contribution is 0.0637. The number of aromatic nitrogens is 1. The lowest BCUT2D eigenvalue weighted by atomic mass is 10.2. The Bertz CT molecular complexity index is 333. The van der Waals surface area contributed by atoms with Crippen molar-refractivity contribution in [1.29, 1.82) is 0 Å². The highest BCUT2D eigenvalue weighted by Gasteiger charge is 2.20. The normalized spacial score (nSPS) is 17.8. The van der Waals surface area contributed by atoms with Gasteiger partial charge in [-0.25, -0.2) is 5.01 Å². The van der Waals surface area contributed by atoms with E-state index in [1.54, 1.807) is 34.4 Å². The van der Waals surface area contributed by atoms with Crippen LogP contribution in [-0.4, -0.2) is 47.0 Å². The summed E-state index contributed by atoms with van der Waals surface area (Å²) in [7, 11) is 0. The van der Waals surface area contributed by atoms with Crippen molar-refractivity contribution >= 4 is 5.91 Å². The lowest BCUT2D eigenvalue weighted by Gasteiger charge is -2.31. The van der Waals surface area contributed by atoms with Crippen LogP contribution in [0.2, 0.25) is 0 Å². The molecule has 2 heterocycles. The predicted octanol–water partition coefficient (Wildman–Crippen LogP) is -0.287. The molecule has 0 atom stereocenters. The molecule has 15 heavy (non-hydrogen) atoms. The lowest BCUT2D eigenvalue weighted by Crippen LogP contribution is -2.51. The fourth-order valence-corrected chi connectivity index (χ4v) is 1.60. The molecule has 1 aliphatic heterocycles. The number of hydrogen-bond donors (Lipinski definition) is 1. The molecule has 0 saturated carbocycles. The highest BCUT2D eigenvalue weighted by atomic mass is 16.2. The minimum atomic E-state index is 0.0381. The van der Waals surface area contributed by atoms with E-state index in [4.69, 9.17) is 5.84 Å². The van der Waals surface area contributed by atoms with Gasteiger partial charge in [0.05, 0.1) is 5.56 Å². The van der Waals surface area contributed by atoms with Crippen LogP contribution in [0.25, 0.3) is 0 Å². The van der Waals surface area contributed by atoms with E-state index in [0.717, 1.165) is 13.1 Å². The van der Waals surface area contributed by atoms with Gasteiger partial charge in [-0.1, -0.05) is 0 Å². The minimum Gasteiger partial charge on any atom is -0.336 e. The van der Waals surface area contributed by atoms with Crippen LogP contribution in [0.3, 0.4) is 0 Å². The van der Waals surface area contributed by atoms with Crippen molar-refractivity contribution < 1.29 is 4.79 Å². The first-order chi connectivity index (χ1) is 7.27. The average Bonchev–Trinajstić information content (AvgIpc) is 2.30. The fourth-order valence-electron chi connectivity index (χ4n) is 1.60. The summed E-state index contributed by atoms with van der Waals surface area (Å²) in [5, 5.41) is 1.73. The molecule has 0 aromatic carbocycles. The molecule has 2 N–H and O–H groups in total. The quantitative estimate of drug-likeness (QED) is 0.641. The van der Waals surface area contributed by atoms with Crippen LogP contribution in [-0.2, 0) is 0 Å². The van der Waals surface area contributed by atoms with Gasteiger partial charge in [-0.05, 0) is 12.1 Å². The van der Waals surface area contributed by atoms with Crippen molar-refractivity contribution in [3.05, 3.63) is 30.1 Å². The molecule has 0 spiro atoms. The maximum Gasteiger partial charge on any atom is 0.255 e. The summed E-state index contributed by atoms with van der Waals surface area (Å²) in [6, 6.07) is 3.55. The molecule has 5 heteroatoms. The van der Waals surface area contributed by atoms with Crippen molar-refractivity contribution in [2.75, 3.05) is 26.2 Å². The summed E-state index contributed by atoms with van der Waals surface area (Å²) in [4.78, 5) is 17.7. The van der Waals surface area contributed by atoms with Crippen LogP contribution in [0, 0.1) is 0 Å². The third kappa shape index (κ3) is 2.31. The summed E-state index contributed by atoms with van der Waals surface area (Å²) in [6.45, 7) is 2.83. The number of rotatable bonds is 1. The molecule has 1 amide bonds. The molecular weight excluding hydrogens is 192 g/mol. The van der Waals surface area contributed by atoms with Crippen molar-refractivity contribution in [3.8, 4) is 0 Å². The van der Waals surface area contributed by atoms with E-state index in [9.17, 15) is 4.79 Å². The first kappa shape index (κ1) is 10.1. The van der Waals surface area contributed by atoms with Gasteiger partial charge in [0.25, 0.3) is 5.91 Å². The second kappa shape index (κ2) is 4.37. The maximum absolute atomic E-state index is 11.9. The number of nitrogens with two attached hydrogens (primary N) is 1. The Morgan fingerprint density at radius 3 is 2.67 bits per heavy atom. The molecule has 1 aromatic heterocycles. The summed E-state index contributed by atoms with van der Waals surface area (Å²) in [6.07, 6.45) is 3.26. The van der Waals surface area contributed by atoms with Crippen LogP contribution in [0.5, 0.6) is 0 Å². The summed E-state index contributed by atoms with van der Waals surface area (Å²) in [5.74, 6) is 5.66. The minimum absolute atomic E-state index is 0.0381. The molecular formula is C10H14N4O. The molecule has 80 valence electrons. The SMILES string of the molecule is NN1CCN(C(=O)c2cccnc2)CC1. The number of piperazine rings is 1. The third-order valence-electron chi connectivity index (χ3n) is 2.51. The summed E-state index contributed by atoms with van der Waals surface area (Å²) < 4.78 is 0. The smallest absolute Gasteiger partial charge is 0.255 e. The van der Waals surface area contributed by atoms with E-state index < -0.39 is 0 Å². The van der Waals surface area contributed by atoms with Gasteiger partial charge in [-0.15, -0.1) is 0 Å². The molecule has 5 nitrogen and oxygen atoms in total. The summed E-state index contributed by atoms with van der Waals surface area (Å²) >= 11 is 0. The van der Waals surface area contributed by atoms with Gasteiger partial charge < -0.3 is 4.90 Å². The van der Waals surface area contributed by atoms with Gasteiger partial charge in [-0.2, -0.15) is 0 Å². The van der Waals surface area contributed by atoms with E-state index in [2.05, 4.69) is 4.98 Å². The van der Waals surface area contributed by atoms with Crippen LogP contribution >= 0.6 is 0 Å². The first-order valence-electron chi connectivity index (χ1n) is 4.96. The number of carbonyl (C=O) groups is 1. The van der Waals surface area contributed by atoms with Crippen molar-refractivity contribution in [2.45, 2.75) is 0 Å². The Morgan fingerprint density at radius 1 is 1.33 bits per heavy atom. The molecule has 1 saturated heterocycles. The third-order valence-corrected chi connectivity index (χ3v) is 2.51. The Balaban J connectivity index is 2.03. The highest BCUT2D eigenvalue weighted by molar-refractivity contribution is 5.93. The zero-order valence-electron chi connectivity index (χ0n) is 8.47. The molecule has 0 aliphatic carbocycles. The molecule has 0 radical (unpaired) electrons. The standard InChI is InChI=1S/C10H14N4O/c11-14-6-4-13(5-7-14)10(15)9-2-1-3-12-8-9/h1-3,8H,4-7,11H2. The number of pyridine rings is 1. The zero-order valence-corrected chi connectivity index (χ0v) is 8.47. The van der Waals surface area contributed by atoms with Gasteiger partial charge >= 0.3 is 0 Å². The first-order valence-corrected chi connectivity index (χ1v) is 4.96. The topological polar surface area (TPSA) is 62.5 Å². The maximum atomic E-state index is 11.9. The molecule has 0 unspecified atom stereocenters. The van der Waals surface area contributed by atoms with Crippen molar-refractivity contribution in [1.82, 2.24) is 14.9 Å². The van der Waals surface area contributed by atoms with Crippen molar-refractivity contribution in [3.63, 3.8) is 0 Å². The van der Waals surface area contributed by atoms with Crippen LogP contribution in [0.15, 0.2) is 24.5 Å². The number of nitrogens with zero attached hydrogens (tertiary/aromatic N) is 3. The summed E-state index contributed by atoms with van der Waals surface area (Å²) in [5.41, 5.74) is 0.642. The predicted molar refractivity (Wildman–Crippen MR) is 55.9 cm³/mol.